The molecule has 1 saturated heterocycles. The number of piperazine rings is 1. The van der Waals surface area contributed by atoms with E-state index in [1.54, 1.807) is 18.3 Å². The lowest BCUT2D eigenvalue weighted by Gasteiger charge is -2.45. The van der Waals surface area contributed by atoms with E-state index in [1.807, 2.05) is 42.5 Å². The molecule has 1 aliphatic heterocycles. The molecule has 0 radical (unpaired) electrons. The van der Waals surface area contributed by atoms with Crippen molar-refractivity contribution in [1.82, 2.24) is 9.88 Å². The number of aromatic nitrogens is 1. The maximum absolute atomic E-state index is 10.2. The van der Waals surface area contributed by atoms with E-state index >= 15 is 0 Å². The first-order chi connectivity index (χ1) is 15.5. The van der Waals surface area contributed by atoms with Gasteiger partial charge in [-0.15, -0.1) is 0 Å². The fraction of sp³-hybridized carbons (Fsp3) is 0.250. The lowest BCUT2D eigenvalue weighted by atomic mass is 9.99. The highest BCUT2D eigenvalue weighted by atomic mass is 35.5. The number of benzene rings is 2. The molecule has 0 bridgehead atoms. The Balaban J connectivity index is 1.67. The summed E-state index contributed by atoms with van der Waals surface area (Å²) in [5.41, 5.74) is 3.23. The van der Waals surface area contributed by atoms with E-state index in [4.69, 9.17) is 41.4 Å². The minimum Gasteiger partial charge on any atom is -0.394 e. The second-order valence-corrected chi connectivity index (χ2v) is 8.88. The lowest BCUT2D eigenvalue weighted by Crippen LogP contribution is -2.50. The molecule has 3 aromatic rings. The van der Waals surface area contributed by atoms with Gasteiger partial charge in [0.1, 0.15) is 0 Å². The van der Waals surface area contributed by atoms with Crippen LogP contribution in [0, 0.1) is 6.57 Å². The number of hydrogen-bond acceptors (Lipinski definition) is 4. The number of rotatable bonds is 5. The number of aliphatic hydroxyl groups excluding tert-OH is 1. The van der Waals surface area contributed by atoms with Crippen molar-refractivity contribution in [2.75, 3.05) is 31.1 Å². The van der Waals surface area contributed by atoms with Crippen molar-refractivity contribution in [1.29, 1.82) is 0 Å². The van der Waals surface area contributed by atoms with Crippen LogP contribution in [0.4, 0.5) is 11.4 Å². The van der Waals surface area contributed by atoms with E-state index < -0.39 is 0 Å². The number of halogens is 3. The molecule has 2 heterocycles. The molecule has 2 aromatic carbocycles. The van der Waals surface area contributed by atoms with Gasteiger partial charge in [0.15, 0.2) is 0 Å². The first kappa shape index (κ1) is 22.8. The summed E-state index contributed by atoms with van der Waals surface area (Å²) in [6.45, 7) is 9.11. The second kappa shape index (κ2) is 10.1. The van der Waals surface area contributed by atoms with E-state index in [0.717, 1.165) is 16.9 Å². The Kier molecular flexibility index (Phi) is 7.20. The van der Waals surface area contributed by atoms with Crippen LogP contribution in [0.25, 0.3) is 4.85 Å². The molecule has 1 aliphatic rings. The predicted molar refractivity (Wildman–Crippen MR) is 130 cm³/mol. The van der Waals surface area contributed by atoms with Crippen LogP contribution in [0.1, 0.15) is 23.3 Å². The third-order valence-electron chi connectivity index (χ3n) is 5.74. The van der Waals surface area contributed by atoms with Crippen molar-refractivity contribution in [3.63, 3.8) is 0 Å². The molecular formula is C24H21Cl3N4O. The summed E-state index contributed by atoms with van der Waals surface area (Å²) >= 11 is 18.8. The van der Waals surface area contributed by atoms with Gasteiger partial charge in [-0.25, -0.2) is 4.85 Å². The average Bonchev–Trinajstić information content (AvgIpc) is 2.81. The van der Waals surface area contributed by atoms with Crippen LogP contribution in [0.3, 0.4) is 0 Å². The number of nitrogens with zero attached hydrogens (tertiary/aromatic N) is 4. The van der Waals surface area contributed by atoms with Gasteiger partial charge >= 0.3 is 0 Å². The van der Waals surface area contributed by atoms with Gasteiger partial charge in [-0.2, -0.15) is 0 Å². The molecule has 4 rings (SSSR count). The Hall–Kier alpha value is -2.33. The molecule has 1 aromatic heterocycles. The number of anilines is 1. The number of pyridine rings is 1. The standard InChI is InChI=1S/C24H21Cl3N4O/c1-28-19-7-8-21(29-13-19)24(15-32)30-10-11-31(22-9-6-18(26)12-20(22)27)23(14-30)16-2-4-17(25)5-3-16/h2-9,12-13,23-24,32H,10-11,14-15H2/t23-,24+/m0/s1. The monoisotopic (exact) mass is 486 g/mol. The molecule has 0 unspecified atom stereocenters. The van der Waals surface area contributed by atoms with Gasteiger partial charge in [-0.1, -0.05) is 53.0 Å². The van der Waals surface area contributed by atoms with Crippen molar-refractivity contribution >= 4 is 46.2 Å². The van der Waals surface area contributed by atoms with Crippen molar-refractivity contribution in [2.24, 2.45) is 0 Å². The zero-order valence-corrected chi connectivity index (χ0v) is 19.4. The lowest BCUT2D eigenvalue weighted by molar-refractivity contribution is 0.100. The van der Waals surface area contributed by atoms with E-state index in [1.165, 1.54) is 0 Å². The topological polar surface area (TPSA) is 44.0 Å². The third kappa shape index (κ3) is 4.85. The zero-order valence-electron chi connectivity index (χ0n) is 17.1. The molecule has 0 saturated carbocycles. The highest BCUT2D eigenvalue weighted by Gasteiger charge is 2.33. The van der Waals surface area contributed by atoms with Crippen molar-refractivity contribution in [3.8, 4) is 0 Å². The van der Waals surface area contributed by atoms with Crippen LogP contribution in [0.2, 0.25) is 15.1 Å². The van der Waals surface area contributed by atoms with Crippen molar-refractivity contribution in [2.45, 2.75) is 12.1 Å². The molecule has 32 heavy (non-hydrogen) atoms. The maximum atomic E-state index is 10.2. The van der Waals surface area contributed by atoms with Gasteiger partial charge in [0, 0.05) is 35.9 Å². The van der Waals surface area contributed by atoms with Crippen molar-refractivity contribution in [3.05, 3.63) is 98.5 Å². The Bertz CT molecular complexity index is 1120. The Morgan fingerprint density at radius 3 is 2.41 bits per heavy atom. The normalized spacial score (nSPS) is 17.7. The maximum Gasteiger partial charge on any atom is 0.205 e. The van der Waals surface area contributed by atoms with Gasteiger partial charge in [-0.3, -0.25) is 9.88 Å². The van der Waals surface area contributed by atoms with E-state index in [-0.39, 0.29) is 18.7 Å². The van der Waals surface area contributed by atoms with Gasteiger partial charge < -0.3 is 10.0 Å². The summed E-state index contributed by atoms with van der Waals surface area (Å²) in [6.07, 6.45) is 1.55. The molecule has 164 valence electrons. The first-order valence-electron chi connectivity index (χ1n) is 10.2. The Morgan fingerprint density at radius 1 is 1.03 bits per heavy atom. The summed E-state index contributed by atoms with van der Waals surface area (Å²) in [6, 6.07) is 16.6. The largest absolute Gasteiger partial charge is 0.394 e. The molecule has 0 spiro atoms. The minimum absolute atomic E-state index is 0.0174. The third-order valence-corrected chi connectivity index (χ3v) is 6.53. The highest BCUT2D eigenvalue weighted by molar-refractivity contribution is 6.36. The molecule has 2 atom stereocenters. The SMILES string of the molecule is [C-]#[N+]c1ccc([C@@H](CO)N2CCN(c3ccc(Cl)cc3Cl)[C@H](c3ccc(Cl)cc3)C2)nc1. The van der Waals surface area contributed by atoms with Crippen molar-refractivity contribution < 1.29 is 5.11 Å². The molecule has 1 N–H and O–H groups in total. The van der Waals surface area contributed by atoms with Crippen LogP contribution in [-0.2, 0) is 0 Å². The van der Waals surface area contributed by atoms with E-state index in [2.05, 4.69) is 19.6 Å². The number of aliphatic hydroxyl groups is 1. The Morgan fingerprint density at radius 2 is 1.78 bits per heavy atom. The predicted octanol–water partition coefficient (Wildman–Crippen LogP) is 6.19. The number of hydrogen-bond donors (Lipinski definition) is 1. The summed E-state index contributed by atoms with van der Waals surface area (Å²) in [5, 5.41) is 12.1. The van der Waals surface area contributed by atoms with Crippen LogP contribution in [0.5, 0.6) is 0 Å². The summed E-state index contributed by atoms with van der Waals surface area (Å²) in [4.78, 5) is 12.3. The minimum atomic E-state index is -0.271. The van der Waals surface area contributed by atoms with Gasteiger partial charge in [0.25, 0.3) is 0 Å². The van der Waals surface area contributed by atoms with Crippen LogP contribution >= 0.6 is 34.8 Å². The van der Waals surface area contributed by atoms with Crippen LogP contribution in [-0.4, -0.2) is 41.2 Å². The van der Waals surface area contributed by atoms with Crippen LogP contribution in [0.15, 0.2) is 60.8 Å². The molecule has 1 fully saturated rings. The van der Waals surface area contributed by atoms with Crippen LogP contribution < -0.4 is 4.90 Å². The van der Waals surface area contributed by atoms with E-state index in [0.29, 0.717) is 40.4 Å². The molecule has 8 heteroatoms. The molecule has 5 nitrogen and oxygen atoms in total. The summed E-state index contributed by atoms with van der Waals surface area (Å²) in [7, 11) is 0. The summed E-state index contributed by atoms with van der Waals surface area (Å²) in [5.74, 6) is 0. The smallest absolute Gasteiger partial charge is 0.205 e. The quantitative estimate of drug-likeness (QED) is 0.436. The van der Waals surface area contributed by atoms with Gasteiger partial charge in [0.05, 0.1) is 41.7 Å². The highest BCUT2D eigenvalue weighted by Crippen LogP contribution is 2.38. The Labute approximate surface area is 202 Å². The van der Waals surface area contributed by atoms with E-state index in [9.17, 15) is 5.11 Å². The fourth-order valence-corrected chi connectivity index (χ4v) is 4.76. The first-order valence-corrected chi connectivity index (χ1v) is 11.3. The molecular weight excluding hydrogens is 467 g/mol. The molecule has 0 aliphatic carbocycles. The zero-order chi connectivity index (χ0) is 22.7. The summed E-state index contributed by atoms with van der Waals surface area (Å²) < 4.78 is 0. The average molecular weight is 488 g/mol. The van der Waals surface area contributed by atoms with Gasteiger partial charge in [0.2, 0.25) is 5.69 Å². The second-order valence-electron chi connectivity index (χ2n) is 7.60. The van der Waals surface area contributed by atoms with Gasteiger partial charge in [-0.05, 0) is 42.0 Å². The fourth-order valence-electron chi connectivity index (χ4n) is 4.12. The molecule has 0 amide bonds.